The molecule has 148 valence electrons. The molecule has 2 aromatic heterocycles. The molecule has 0 N–H and O–H groups in total. The first-order valence-electron chi connectivity index (χ1n) is 9.97. The third kappa shape index (κ3) is 2.88. The van der Waals surface area contributed by atoms with E-state index in [1.165, 1.54) is 10.9 Å². The Morgan fingerprint density at radius 2 is 1.90 bits per heavy atom. The maximum absolute atomic E-state index is 13.3. The Kier molecular flexibility index (Phi) is 4.12. The summed E-state index contributed by atoms with van der Waals surface area (Å²) in [5, 5.41) is 0.512. The molecule has 0 unspecified atom stereocenters. The molecule has 7 nitrogen and oxygen atoms in total. The normalized spacial score (nSPS) is 21.6. The minimum absolute atomic E-state index is 0.0270. The molecule has 1 fully saturated rings. The van der Waals surface area contributed by atoms with Crippen molar-refractivity contribution < 1.29 is 4.79 Å². The van der Waals surface area contributed by atoms with Gasteiger partial charge in [0.1, 0.15) is 6.04 Å². The van der Waals surface area contributed by atoms with Gasteiger partial charge in [0.15, 0.2) is 0 Å². The van der Waals surface area contributed by atoms with E-state index < -0.39 is 6.04 Å². The van der Waals surface area contributed by atoms with Crippen molar-refractivity contribution in [2.75, 3.05) is 13.1 Å². The van der Waals surface area contributed by atoms with Crippen molar-refractivity contribution in [1.29, 1.82) is 0 Å². The largest absolute Gasteiger partial charge is 0.340 e. The van der Waals surface area contributed by atoms with Crippen molar-refractivity contribution in [3.63, 3.8) is 0 Å². The summed E-state index contributed by atoms with van der Waals surface area (Å²) in [7, 11) is 0. The number of amides is 1. The van der Waals surface area contributed by atoms with Crippen molar-refractivity contribution >= 4 is 16.8 Å². The molecule has 1 amide bonds. The molecule has 0 saturated carbocycles. The number of benzene rings is 1. The summed E-state index contributed by atoms with van der Waals surface area (Å²) in [6.45, 7) is 3.57. The van der Waals surface area contributed by atoms with Gasteiger partial charge in [-0.2, -0.15) is 0 Å². The number of likely N-dealkylation sites (tertiary alicyclic amines) is 1. The fourth-order valence-corrected chi connectivity index (χ4v) is 4.82. The van der Waals surface area contributed by atoms with Crippen LogP contribution >= 0.6 is 0 Å². The van der Waals surface area contributed by atoms with Crippen molar-refractivity contribution in [3.8, 4) is 0 Å². The van der Waals surface area contributed by atoms with E-state index in [0.717, 1.165) is 12.1 Å². The smallest absolute Gasteiger partial charge is 0.261 e. The number of para-hydroxylation sites is 1. The molecule has 3 atom stereocenters. The highest BCUT2D eigenvalue weighted by Gasteiger charge is 2.37. The van der Waals surface area contributed by atoms with E-state index in [1.54, 1.807) is 37.3 Å². The molecule has 1 saturated heterocycles. The van der Waals surface area contributed by atoms with Crippen LogP contribution in [-0.2, 0) is 11.3 Å². The van der Waals surface area contributed by atoms with Gasteiger partial charge in [0.05, 0.1) is 17.2 Å². The van der Waals surface area contributed by atoms with Crippen molar-refractivity contribution in [3.05, 3.63) is 75.2 Å². The molecule has 0 spiro atoms. The zero-order chi connectivity index (χ0) is 20.1. The Hall–Kier alpha value is -3.22. The maximum atomic E-state index is 13.3. The second-order valence-electron chi connectivity index (χ2n) is 8.09. The molecule has 29 heavy (non-hydrogen) atoms. The predicted molar refractivity (Wildman–Crippen MR) is 109 cm³/mol. The van der Waals surface area contributed by atoms with Crippen LogP contribution in [-0.4, -0.2) is 38.0 Å². The van der Waals surface area contributed by atoms with Crippen LogP contribution in [0.1, 0.15) is 31.0 Å². The van der Waals surface area contributed by atoms with Gasteiger partial charge in [0, 0.05) is 37.3 Å². The summed E-state index contributed by atoms with van der Waals surface area (Å²) in [5.41, 5.74) is 1.45. The SMILES string of the molecule is C[C@H](C(=O)N1C[C@H]2C[C@@H](C1)c1cccc(=O)n1C2)n1cnc2ccccc2c1=O. The highest BCUT2D eigenvalue weighted by molar-refractivity contribution is 5.81. The summed E-state index contributed by atoms with van der Waals surface area (Å²) >= 11 is 0. The molecular formula is C22H22N4O3. The van der Waals surface area contributed by atoms with Crippen LogP contribution in [0.4, 0.5) is 0 Å². The van der Waals surface area contributed by atoms with Gasteiger partial charge in [-0.1, -0.05) is 18.2 Å². The molecule has 2 bridgehead atoms. The molecule has 3 aromatic rings. The number of fused-ring (bicyclic) bond motifs is 5. The van der Waals surface area contributed by atoms with Crippen molar-refractivity contribution in [2.45, 2.75) is 31.8 Å². The molecule has 5 rings (SSSR count). The summed E-state index contributed by atoms with van der Waals surface area (Å²) in [4.78, 5) is 44.5. The van der Waals surface area contributed by atoms with Gasteiger partial charge in [-0.15, -0.1) is 0 Å². The topological polar surface area (TPSA) is 77.2 Å². The zero-order valence-corrected chi connectivity index (χ0v) is 16.2. The Labute approximate surface area is 167 Å². The lowest BCUT2D eigenvalue weighted by Gasteiger charge is -2.43. The molecule has 0 aliphatic carbocycles. The highest BCUT2D eigenvalue weighted by atomic mass is 16.2. The summed E-state index contributed by atoms with van der Waals surface area (Å²) in [5.74, 6) is 0.327. The minimum atomic E-state index is -0.628. The lowest BCUT2D eigenvalue weighted by molar-refractivity contribution is -0.137. The third-order valence-corrected chi connectivity index (χ3v) is 6.26. The second-order valence-corrected chi connectivity index (χ2v) is 8.09. The first-order valence-corrected chi connectivity index (χ1v) is 9.97. The summed E-state index contributed by atoms with van der Waals surface area (Å²) in [6.07, 6.45) is 2.45. The van der Waals surface area contributed by atoms with Crippen LogP contribution in [0.3, 0.4) is 0 Å². The number of aromatic nitrogens is 3. The van der Waals surface area contributed by atoms with Crippen LogP contribution in [0.15, 0.2) is 58.4 Å². The average Bonchev–Trinajstić information content (AvgIpc) is 2.74. The van der Waals surface area contributed by atoms with E-state index >= 15 is 0 Å². The number of carbonyl (C=O) groups excluding carboxylic acids is 1. The van der Waals surface area contributed by atoms with Crippen LogP contribution in [0.5, 0.6) is 0 Å². The quantitative estimate of drug-likeness (QED) is 0.668. The molecule has 2 aliphatic heterocycles. The van der Waals surface area contributed by atoms with Crippen molar-refractivity contribution in [2.24, 2.45) is 5.92 Å². The van der Waals surface area contributed by atoms with Gasteiger partial charge in [-0.3, -0.25) is 19.0 Å². The number of carbonyl (C=O) groups is 1. The maximum Gasteiger partial charge on any atom is 0.261 e. The van der Waals surface area contributed by atoms with E-state index in [9.17, 15) is 14.4 Å². The molecule has 2 aliphatic rings. The summed E-state index contributed by atoms with van der Waals surface area (Å²) < 4.78 is 3.27. The first-order chi connectivity index (χ1) is 14.0. The van der Waals surface area contributed by atoms with Gasteiger partial charge >= 0.3 is 0 Å². The molecule has 1 aromatic carbocycles. The summed E-state index contributed by atoms with van der Waals surface area (Å²) in [6, 6.07) is 11.9. The highest BCUT2D eigenvalue weighted by Crippen LogP contribution is 2.35. The standard InChI is InChI=1S/C22H22N4O3/c1-14(26-13-23-18-6-3-2-5-17(18)22(26)29)21(28)24-10-15-9-16(12-24)19-7-4-8-20(27)25(19)11-15/h2-8,13-16H,9-12H2,1H3/t14-,15-,16+/m1/s1. The second kappa shape index (κ2) is 6.69. The van der Waals surface area contributed by atoms with E-state index in [-0.39, 0.29) is 28.9 Å². The van der Waals surface area contributed by atoms with E-state index in [0.29, 0.717) is 30.5 Å². The molecular weight excluding hydrogens is 368 g/mol. The molecule has 0 radical (unpaired) electrons. The fraction of sp³-hybridized carbons (Fsp3) is 0.364. The first kappa shape index (κ1) is 17.8. The number of piperidine rings is 1. The fourth-order valence-electron chi connectivity index (χ4n) is 4.82. The monoisotopic (exact) mass is 390 g/mol. The van der Waals surface area contributed by atoms with Gasteiger partial charge in [-0.25, -0.2) is 4.98 Å². The van der Waals surface area contributed by atoms with E-state index in [2.05, 4.69) is 4.98 Å². The van der Waals surface area contributed by atoms with E-state index in [4.69, 9.17) is 0 Å². The van der Waals surface area contributed by atoms with Gasteiger partial charge in [0.2, 0.25) is 5.91 Å². The van der Waals surface area contributed by atoms with Crippen molar-refractivity contribution in [1.82, 2.24) is 19.0 Å². The Balaban J connectivity index is 1.44. The van der Waals surface area contributed by atoms with Gasteiger partial charge in [-0.05, 0) is 37.5 Å². The van der Waals surface area contributed by atoms with Gasteiger partial charge < -0.3 is 9.47 Å². The molecule has 7 heteroatoms. The average molecular weight is 390 g/mol. The number of hydrogen-bond donors (Lipinski definition) is 0. The van der Waals surface area contributed by atoms with Crippen LogP contribution < -0.4 is 11.1 Å². The van der Waals surface area contributed by atoms with Gasteiger partial charge in [0.25, 0.3) is 11.1 Å². The Morgan fingerprint density at radius 3 is 2.76 bits per heavy atom. The number of rotatable bonds is 2. The predicted octanol–water partition coefficient (Wildman–Crippen LogP) is 1.77. The van der Waals surface area contributed by atoms with Crippen LogP contribution in [0, 0.1) is 5.92 Å². The lowest BCUT2D eigenvalue weighted by atomic mass is 9.83. The molecule has 4 heterocycles. The Morgan fingerprint density at radius 1 is 1.07 bits per heavy atom. The van der Waals surface area contributed by atoms with Crippen LogP contribution in [0.2, 0.25) is 0 Å². The van der Waals surface area contributed by atoms with E-state index in [1.807, 2.05) is 21.6 Å². The lowest BCUT2D eigenvalue weighted by Crippen LogP contribution is -2.51. The Bertz CT molecular complexity index is 1230. The number of pyridine rings is 1. The number of hydrogen-bond acceptors (Lipinski definition) is 4. The number of nitrogens with zero attached hydrogens (tertiary/aromatic N) is 4. The minimum Gasteiger partial charge on any atom is -0.340 e. The third-order valence-electron chi connectivity index (χ3n) is 6.26. The van der Waals surface area contributed by atoms with Crippen LogP contribution in [0.25, 0.3) is 10.9 Å². The zero-order valence-electron chi connectivity index (χ0n) is 16.2.